The first-order chi connectivity index (χ1) is 6.27. The van der Waals surface area contributed by atoms with E-state index in [1.54, 1.807) is 6.92 Å². The second kappa shape index (κ2) is 9.24. The molecule has 1 nitrogen and oxygen atoms in total. The van der Waals surface area contributed by atoms with E-state index in [0.717, 1.165) is 25.7 Å². The Balaban J connectivity index is 3.22. The molecular formula is C12H20O. The Kier molecular flexibility index (Phi) is 8.64. The van der Waals surface area contributed by atoms with Crippen LogP contribution in [0.2, 0.25) is 0 Å². The van der Waals surface area contributed by atoms with E-state index in [4.69, 9.17) is 0 Å². The minimum atomic E-state index is 0.274. The third-order valence-electron chi connectivity index (χ3n) is 1.73. The summed E-state index contributed by atoms with van der Waals surface area (Å²) in [5, 5.41) is 0. The lowest BCUT2D eigenvalue weighted by atomic mass is 10.2. The molecule has 0 bridgehead atoms. The number of carbonyl (C=O) groups excluding carboxylic acids is 1. The summed E-state index contributed by atoms with van der Waals surface area (Å²) < 4.78 is 0. The minimum Gasteiger partial charge on any atom is -0.300 e. The number of unbranched alkanes of at least 4 members (excludes halogenated alkanes) is 1. The van der Waals surface area contributed by atoms with E-state index >= 15 is 0 Å². The van der Waals surface area contributed by atoms with Gasteiger partial charge in [0.1, 0.15) is 5.78 Å². The normalized spacial score (nSPS) is 11.5. The molecule has 74 valence electrons. The Morgan fingerprint density at radius 2 is 1.54 bits per heavy atom. The highest BCUT2D eigenvalue weighted by atomic mass is 16.1. The SMILES string of the molecule is CCC=CCCC=CCCC(C)=O. The Bertz CT molecular complexity index is 178. The molecule has 0 aliphatic heterocycles. The first-order valence-corrected chi connectivity index (χ1v) is 5.06. The third-order valence-corrected chi connectivity index (χ3v) is 1.73. The smallest absolute Gasteiger partial charge is 0.130 e. The Hall–Kier alpha value is -0.850. The molecule has 1 heteroatoms. The lowest BCUT2D eigenvalue weighted by Gasteiger charge is -1.89. The number of rotatable bonds is 7. The van der Waals surface area contributed by atoms with Crippen molar-refractivity contribution in [1.82, 2.24) is 0 Å². The van der Waals surface area contributed by atoms with Crippen LogP contribution in [0.4, 0.5) is 0 Å². The molecule has 0 saturated carbocycles. The zero-order chi connectivity index (χ0) is 9.94. The lowest BCUT2D eigenvalue weighted by molar-refractivity contribution is -0.116. The zero-order valence-electron chi connectivity index (χ0n) is 8.75. The van der Waals surface area contributed by atoms with Crippen molar-refractivity contribution in [2.75, 3.05) is 0 Å². The quantitative estimate of drug-likeness (QED) is 0.431. The van der Waals surface area contributed by atoms with Crippen LogP contribution in [0.5, 0.6) is 0 Å². The molecule has 0 spiro atoms. The summed E-state index contributed by atoms with van der Waals surface area (Å²) >= 11 is 0. The van der Waals surface area contributed by atoms with Gasteiger partial charge in [-0.05, 0) is 32.6 Å². The summed E-state index contributed by atoms with van der Waals surface area (Å²) in [5.74, 6) is 0.274. The molecule has 0 aromatic carbocycles. The fraction of sp³-hybridized carbons (Fsp3) is 0.583. The van der Waals surface area contributed by atoms with Gasteiger partial charge in [-0.1, -0.05) is 31.2 Å². The monoisotopic (exact) mass is 180 g/mol. The summed E-state index contributed by atoms with van der Waals surface area (Å²) in [6.07, 6.45) is 13.5. The molecule has 0 unspecified atom stereocenters. The Labute approximate surface area is 81.5 Å². The fourth-order valence-electron chi connectivity index (χ4n) is 0.999. The van der Waals surface area contributed by atoms with E-state index in [9.17, 15) is 4.79 Å². The molecule has 0 atom stereocenters. The van der Waals surface area contributed by atoms with E-state index < -0.39 is 0 Å². The van der Waals surface area contributed by atoms with Gasteiger partial charge in [0.05, 0.1) is 0 Å². The molecule has 0 aromatic heterocycles. The fourth-order valence-corrected chi connectivity index (χ4v) is 0.999. The highest BCUT2D eigenvalue weighted by Crippen LogP contribution is 1.97. The van der Waals surface area contributed by atoms with E-state index in [2.05, 4.69) is 31.2 Å². The molecule has 0 aliphatic rings. The first-order valence-electron chi connectivity index (χ1n) is 5.06. The summed E-state index contributed by atoms with van der Waals surface area (Å²) in [6.45, 7) is 3.77. The van der Waals surface area contributed by atoms with Gasteiger partial charge in [-0.15, -0.1) is 0 Å². The molecule has 0 N–H and O–H groups in total. The van der Waals surface area contributed by atoms with E-state index in [1.165, 1.54) is 0 Å². The molecule has 0 rings (SSSR count). The number of allylic oxidation sites excluding steroid dienone is 4. The van der Waals surface area contributed by atoms with Crippen LogP contribution in [0.15, 0.2) is 24.3 Å². The third kappa shape index (κ3) is 11.1. The Morgan fingerprint density at radius 3 is 2.08 bits per heavy atom. The van der Waals surface area contributed by atoms with Crippen molar-refractivity contribution in [3.05, 3.63) is 24.3 Å². The minimum absolute atomic E-state index is 0.274. The number of carbonyl (C=O) groups is 1. The van der Waals surface area contributed by atoms with Crippen LogP contribution in [-0.4, -0.2) is 5.78 Å². The maximum absolute atomic E-state index is 10.6. The molecule has 0 aromatic rings. The number of ketones is 1. The Morgan fingerprint density at radius 1 is 1.00 bits per heavy atom. The van der Waals surface area contributed by atoms with Crippen molar-refractivity contribution in [2.24, 2.45) is 0 Å². The van der Waals surface area contributed by atoms with Crippen molar-refractivity contribution < 1.29 is 4.79 Å². The van der Waals surface area contributed by atoms with Crippen molar-refractivity contribution in [3.63, 3.8) is 0 Å². The van der Waals surface area contributed by atoms with Crippen molar-refractivity contribution in [2.45, 2.75) is 46.0 Å². The standard InChI is InChI=1S/C12H20O/c1-3-4-5-6-7-8-9-10-11-12(2)13/h4-5,8-9H,3,6-7,10-11H2,1-2H3. The van der Waals surface area contributed by atoms with Gasteiger partial charge in [0, 0.05) is 6.42 Å². The van der Waals surface area contributed by atoms with Crippen molar-refractivity contribution in [1.29, 1.82) is 0 Å². The van der Waals surface area contributed by atoms with Crippen LogP contribution >= 0.6 is 0 Å². The van der Waals surface area contributed by atoms with Crippen LogP contribution in [0, 0.1) is 0 Å². The highest BCUT2D eigenvalue weighted by Gasteiger charge is 1.87. The average Bonchev–Trinajstić information content (AvgIpc) is 2.09. The molecule has 0 radical (unpaired) electrons. The molecule has 0 aliphatic carbocycles. The van der Waals surface area contributed by atoms with Gasteiger partial charge in [0.2, 0.25) is 0 Å². The average molecular weight is 180 g/mol. The van der Waals surface area contributed by atoms with Gasteiger partial charge in [0.25, 0.3) is 0 Å². The zero-order valence-corrected chi connectivity index (χ0v) is 8.75. The van der Waals surface area contributed by atoms with Crippen LogP contribution in [0.25, 0.3) is 0 Å². The molecule has 0 heterocycles. The van der Waals surface area contributed by atoms with Crippen LogP contribution in [-0.2, 0) is 4.79 Å². The molecule has 0 saturated heterocycles. The molecule has 0 fully saturated rings. The van der Waals surface area contributed by atoms with Crippen molar-refractivity contribution >= 4 is 5.78 Å². The van der Waals surface area contributed by atoms with Crippen molar-refractivity contribution in [3.8, 4) is 0 Å². The predicted octanol–water partition coefficient (Wildman–Crippen LogP) is 3.66. The number of hydrogen-bond acceptors (Lipinski definition) is 1. The van der Waals surface area contributed by atoms with E-state index in [1.807, 2.05) is 0 Å². The summed E-state index contributed by atoms with van der Waals surface area (Å²) in [4.78, 5) is 10.6. The van der Waals surface area contributed by atoms with Gasteiger partial charge in [0.15, 0.2) is 0 Å². The molecule has 13 heavy (non-hydrogen) atoms. The van der Waals surface area contributed by atoms with Gasteiger partial charge in [-0.3, -0.25) is 0 Å². The number of Topliss-reactive ketones (excluding diaryl/α,β-unsaturated/α-hetero) is 1. The lowest BCUT2D eigenvalue weighted by Crippen LogP contribution is -1.86. The second-order valence-electron chi connectivity index (χ2n) is 3.17. The maximum atomic E-state index is 10.6. The largest absolute Gasteiger partial charge is 0.300 e. The van der Waals surface area contributed by atoms with Gasteiger partial charge in [-0.2, -0.15) is 0 Å². The molecular weight excluding hydrogens is 160 g/mol. The summed E-state index contributed by atoms with van der Waals surface area (Å²) in [7, 11) is 0. The second-order valence-corrected chi connectivity index (χ2v) is 3.17. The highest BCUT2D eigenvalue weighted by molar-refractivity contribution is 5.75. The number of hydrogen-bond donors (Lipinski definition) is 0. The summed E-state index contributed by atoms with van der Waals surface area (Å²) in [5.41, 5.74) is 0. The first kappa shape index (κ1) is 12.2. The van der Waals surface area contributed by atoms with E-state index in [-0.39, 0.29) is 5.78 Å². The van der Waals surface area contributed by atoms with Gasteiger partial charge >= 0.3 is 0 Å². The van der Waals surface area contributed by atoms with Gasteiger partial charge < -0.3 is 4.79 Å². The maximum Gasteiger partial charge on any atom is 0.130 e. The predicted molar refractivity (Wildman–Crippen MR) is 57.7 cm³/mol. The van der Waals surface area contributed by atoms with Gasteiger partial charge in [-0.25, -0.2) is 0 Å². The van der Waals surface area contributed by atoms with E-state index in [0.29, 0.717) is 6.42 Å². The van der Waals surface area contributed by atoms with Crippen LogP contribution < -0.4 is 0 Å². The topological polar surface area (TPSA) is 17.1 Å². The van der Waals surface area contributed by atoms with Crippen LogP contribution in [0.1, 0.15) is 46.0 Å². The van der Waals surface area contributed by atoms with Crippen LogP contribution in [0.3, 0.4) is 0 Å². The summed E-state index contributed by atoms with van der Waals surface area (Å²) in [6, 6.07) is 0. The molecule has 0 amide bonds.